The summed E-state index contributed by atoms with van der Waals surface area (Å²) in [5, 5.41) is 10.5. The average molecular weight is 376 g/mol. The molecule has 0 radical (unpaired) electrons. The van der Waals surface area contributed by atoms with Crippen molar-refractivity contribution in [1.29, 1.82) is 0 Å². The molecule has 0 fully saturated rings. The fourth-order valence-electron chi connectivity index (χ4n) is 2.58. The van der Waals surface area contributed by atoms with Crippen LogP contribution in [0.3, 0.4) is 0 Å². The van der Waals surface area contributed by atoms with E-state index in [1.807, 2.05) is 69.3 Å². The van der Waals surface area contributed by atoms with Gasteiger partial charge in [0.15, 0.2) is 5.76 Å². The van der Waals surface area contributed by atoms with Gasteiger partial charge >= 0.3 is 0 Å². The molecule has 0 spiro atoms. The van der Waals surface area contributed by atoms with Crippen LogP contribution in [0.5, 0.6) is 0 Å². The molecule has 3 aromatic rings. The molecule has 0 atom stereocenters. The van der Waals surface area contributed by atoms with E-state index < -0.39 is 0 Å². The summed E-state index contributed by atoms with van der Waals surface area (Å²) in [6, 6.07) is 13.7. The monoisotopic (exact) mass is 376 g/mol. The van der Waals surface area contributed by atoms with Crippen LogP contribution in [0.15, 0.2) is 63.6 Å². The summed E-state index contributed by atoms with van der Waals surface area (Å²) in [6.45, 7) is 6.40. The largest absolute Gasteiger partial charge is 0.359 e. The van der Waals surface area contributed by atoms with Crippen LogP contribution >= 0.6 is 0 Å². The van der Waals surface area contributed by atoms with E-state index in [9.17, 15) is 0 Å². The smallest absolute Gasteiger partial charge is 0.225 e. The van der Waals surface area contributed by atoms with Crippen molar-refractivity contribution in [2.75, 3.05) is 17.7 Å². The van der Waals surface area contributed by atoms with Crippen molar-refractivity contribution in [2.24, 2.45) is 4.99 Å². The molecule has 0 saturated heterocycles. The van der Waals surface area contributed by atoms with E-state index in [0.717, 1.165) is 28.4 Å². The van der Waals surface area contributed by atoms with Gasteiger partial charge in [-0.3, -0.25) is 4.99 Å². The molecule has 3 rings (SSSR count). The molecule has 0 aliphatic heterocycles. The number of allylic oxidation sites excluding steroid dienone is 1. The van der Waals surface area contributed by atoms with E-state index in [-0.39, 0.29) is 0 Å². The van der Waals surface area contributed by atoms with Crippen molar-refractivity contribution < 1.29 is 4.52 Å². The van der Waals surface area contributed by atoms with Gasteiger partial charge in [-0.05, 0) is 26.8 Å². The normalized spacial score (nSPS) is 11.2. The number of amidine groups is 1. The number of aliphatic imine (C=N–C) groups is 1. The number of anilines is 2. The Morgan fingerprint density at radius 2 is 1.93 bits per heavy atom. The molecule has 0 aliphatic carbocycles. The Hall–Kier alpha value is -3.48. The first kappa shape index (κ1) is 19.3. The van der Waals surface area contributed by atoms with E-state index in [1.54, 1.807) is 7.05 Å². The quantitative estimate of drug-likeness (QED) is 0.488. The van der Waals surface area contributed by atoms with Crippen LogP contribution in [0.4, 0.5) is 11.8 Å². The number of benzene rings is 1. The fraction of sp³-hybridized carbons (Fsp3) is 0.238. The molecule has 0 unspecified atom stereocenters. The summed E-state index contributed by atoms with van der Waals surface area (Å²) in [5.74, 6) is 2.63. The first-order valence-electron chi connectivity index (χ1n) is 9.03. The third kappa shape index (κ3) is 5.26. The lowest BCUT2D eigenvalue weighted by atomic mass is 10.1. The van der Waals surface area contributed by atoms with Gasteiger partial charge in [-0.2, -0.15) is 4.98 Å². The Morgan fingerprint density at radius 3 is 2.64 bits per heavy atom. The Bertz CT molecular complexity index is 987. The van der Waals surface area contributed by atoms with Gasteiger partial charge in [-0.1, -0.05) is 41.1 Å². The number of nitrogens with one attached hydrogen (secondary N) is 2. The van der Waals surface area contributed by atoms with Gasteiger partial charge in [0.1, 0.15) is 17.3 Å². The minimum absolute atomic E-state index is 0.436. The predicted molar refractivity (Wildman–Crippen MR) is 112 cm³/mol. The molecule has 28 heavy (non-hydrogen) atoms. The predicted octanol–water partition coefficient (Wildman–Crippen LogP) is 4.46. The summed E-state index contributed by atoms with van der Waals surface area (Å²) < 4.78 is 5.42. The highest BCUT2D eigenvalue weighted by molar-refractivity contribution is 6.03. The lowest BCUT2D eigenvalue weighted by molar-refractivity contribution is 0.390. The van der Waals surface area contributed by atoms with Crippen molar-refractivity contribution in [2.45, 2.75) is 27.3 Å². The number of nitrogens with zero attached hydrogens (tertiary/aromatic N) is 4. The highest BCUT2D eigenvalue weighted by atomic mass is 16.5. The molecule has 0 bridgehead atoms. The lowest BCUT2D eigenvalue weighted by Crippen LogP contribution is -2.13. The van der Waals surface area contributed by atoms with Gasteiger partial charge in [0.2, 0.25) is 5.95 Å². The van der Waals surface area contributed by atoms with Gasteiger partial charge in [0.25, 0.3) is 0 Å². The lowest BCUT2D eigenvalue weighted by Gasteiger charge is -2.09. The zero-order chi connectivity index (χ0) is 19.9. The molecule has 2 heterocycles. The van der Waals surface area contributed by atoms with Gasteiger partial charge < -0.3 is 15.2 Å². The summed E-state index contributed by atoms with van der Waals surface area (Å²) in [7, 11) is 1.74. The van der Waals surface area contributed by atoms with Gasteiger partial charge in [-0.25, -0.2) is 4.98 Å². The third-order valence-corrected chi connectivity index (χ3v) is 3.83. The highest BCUT2D eigenvalue weighted by Gasteiger charge is 2.08. The Kier molecular flexibility index (Phi) is 6.16. The Morgan fingerprint density at radius 1 is 1.14 bits per heavy atom. The molecule has 0 aliphatic rings. The summed E-state index contributed by atoms with van der Waals surface area (Å²) >= 11 is 0. The minimum Gasteiger partial charge on any atom is -0.359 e. The fourth-order valence-corrected chi connectivity index (χ4v) is 2.58. The molecule has 1 aromatic carbocycles. The maximum absolute atomic E-state index is 5.42. The van der Waals surface area contributed by atoms with Crippen molar-refractivity contribution in [3.8, 4) is 11.3 Å². The summed E-state index contributed by atoms with van der Waals surface area (Å²) in [4.78, 5) is 13.2. The number of rotatable bonds is 6. The number of hydrogen-bond donors (Lipinski definition) is 2. The molecule has 0 amide bonds. The number of aryl methyl sites for hydroxylation is 1. The van der Waals surface area contributed by atoms with Gasteiger partial charge in [0.05, 0.1) is 6.54 Å². The molecule has 0 saturated carbocycles. The first-order valence-corrected chi connectivity index (χ1v) is 9.03. The maximum Gasteiger partial charge on any atom is 0.225 e. The van der Waals surface area contributed by atoms with E-state index in [2.05, 4.69) is 30.8 Å². The van der Waals surface area contributed by atoms with Crippen LogP contribution in [-0.4, -0.2) is 28.0 Å². The SMILES string of the molecule is CN=C(C=C(C)C)Nc1cc(C)nc(NCc2cc(-c3ccccc3)no2)n1. The average Bonchev–Trinajstić information content (AvgIpc) is 3.15. The molecular weight excluding hydrogens is 352 g/mol. The van der Waals surface area contributed by atoms with Crippen molar-refractivity contribution >= 4 is 17.6 Å². The van der Waals surface area contributed by atoms with E-state index >= 15 is 0 Å². The third-order valence-electron chi connectivity index (χ3n) is 3.83. The number of aromatic nitrogens is 3. The van der Waals surface area contributed by atoms with E-state index in [1.165, 1.54) is 0 Å². The first-order chi connectivity index (χ1) is 13.5. The van der Waals surface area contributed by atoms with E-state index in [4.69, 9.17) is 4.52 Å². The Balaban J connectivity index is 1.69. The van der Waals surface area contributed by atoms with Crippen LogP contribution in [0, 0.1) is 6.92 Å². The molecule has 2 aromatic heterocycles. The molecule has 2 N–H and O–H groups in total. The van der Waals surface area contributed by atoms with Crippen LogP contribution in [-0.2, 0) is 6.54 Å². The standard InChI is InChI=1S/C21H24N6O/c1-14(2)10-19(22-4)25-20-11-15(3)24-21(26-20)23-13-17-12-18(27-28-17)16-8-6-5-7-9-16/h5-12H,13H2,1-4H3,(H2,22,23,24,25,26). The second-order valence-electron chi connectivity index (χ2n) is 6.57. The Labute approximate surface area is 164 Å². The second-order valence-corrected chi connectivity index (χ2v) is 6.57. The van der Waals surface area contributed by atoms with Crippen LogP contribution in [0.25, 0.3) is 11.3 Å². The number of hydrogen-bond acceptors (Lipinski definition) is 6. The van der Waals surface area contributed by atoms with Gasteiger partial charge in [-0.15, -0.1) is 0 Å². The zero-order valence-corrected chi connectivity index (χ0v) is 16.5. The molecule has 7 nitrogen and oxygen atoms in total. The van der Waals surface area contributed by atoms with E-state index in [0.29, 0.717) is 24.1 Å². The van der Waals surface area contributed by atoms with Crippen LogP contribution in [0.2, 0.25) is 0 Å². The zero-order valence-electron chi connectivity index (χ0n) is 16.5. The molecule has 7 heteroatoms. The van der Waals surface area contributed by atoms with Gasteiger partial charge in [0, 0.05) is 30.4 Å². The van der Waals surface area contributed by atoms with Crippen molar-refractivity contribution in [3.63, 3.8) is 0 Å². The summed E-state index contributed by atoms with van der Waals surface area (Å²) in [6.07, 6.45) is 1.96. The van der Waals surface area contributed by atoms with Crippen molar-refractivity contribution in [3.05, 3.63) is 65.6 Å². The van der Waals surface area contributed by atoms with Crippen LogP contribution < -0.4 is 10.6 Å². The van der Waals surface area contributed by atoms with Crippen LogP contribution in [0.1, 0.15) is 25.3 Å². The highest BCUT2D eigenvalue weighted by Crippen LogP contribution is 2.19. The molecular formula is C21H24N6O. The topological polar surface area (TPSA) is 88.2 Å². The molecule has 144 valence electrons. The maximum atomic E-state index is 5.42. The second kappa shape index (κ2) is 8.94. The summed E-state index contributed by atoms with van der Waals surface area (Å²) in [5.41, 5.74) is 3.81. The van der Waals surface area contributed by atoms with Crippen molar-refractivity contribution in [1.82, 2.24) is 15.1 Å². The minimum atomic E-state index is 0.436.